The van der Waals surface area contributed by atoms with Crippen LogP contribution < -0.4 is 10.1 Å². The highest BCUT2D eigenvalue weighted by Gasteiger charge is 2.31. The van der Waals surface area contributed by atoms with Gasteiger partial charge in [0.05, 0.1) is 25.0 Å². The molecule has 1 aliphatic carbocycles. The summed E-state index contributed by atoms with van der Waals surface area (Å²) in [5, 5.41) is 16.0. The number of benzene rings is 1. The van der Waals surface area contributed by atoms with Crippen LogP contribution in [-0.2, 0) is 13.7 Å². The van der Waals surface area contributed by atoms with Crippen molar-refractivity contribution in [2.75, 3.05) is 0 Å². The summed E-state index contributed by atoms with van der Waals surface area (Å²) in [6, 6.07) is 3.95. The van der Waals surface area contributed by atoms with Crippen LogP contribution in [0, 0.1) is 5.82 Å². The number of ether oxygens (including phenoxy) is 1. The standard InChI is InChI=1S/C17H20FN3O3/c1-21-9-13(8-19-21)24-16-4-2-3-15(16)20-17(23)11-5-6-12(10-22)14(18)7-11/h5-9,15-16,22H,2-4,10H2,1H3,(H,20,23)/t15-,16+/m0/s1. The summed E-state index contributed by atoms with van der Waals surface area (Å²) >= 11 is 0. The van der Waals surface area contributed by atoms with Gasteiger partial charge in [0.25, 0.3) is 5.91 Å². The number of hydrogen-bond donors (Lipinski definition) is 2. The SMILES string of the molecule is Cn1cc(O[C@@H]2CCC[C@@H]2NC(=O)c2ccc(CO)c(F)c2)cn1. The normalized spacial score (nSPS) is 20.1. The highest BCUT2D eigenvalue weighted by atomic mass is 19.1. The maximum absolute atomic E-state index is 13.7. The first-order valence-electron chi connectivity index (χ1n) is 7.92. The lowest BCUT2D eigenvalue weighted by Crippen LogP contribution is -2.42. The Hall–Kier alpha value is -2.41. The fourth-order valence-electron chi connectivity index (χ4n) is 2.94. The molecule has 0 unspecified atom stereocenters. The third kappa shape index (κ3) is 3.56. The molecule has 7 heteroatoms. The Bertz CT molecular complexity index is 732. The van der Waals surface area contributed by atoms with Crippen molar-refractivity contribution < 1.29 is 19.0 Å². The quantitative estimate of drug-likeness (QED) is 0.874. The minimum absolute atomic E-state index is 0.125. The summed E-state index contributed by atoms with van der Waals surface area (Å²) in [4.78, 5) is 12.3. The number of aliphatic hydroxyl groups excluding tert-OH is 1. The van der Waals surface area contributed by atoms with Gasteiger partial charge in [0, 0.05) is 18.2 Å². The molecule has 2 aromatic rings. The molecule has 1 aromatic heterocycles. The molecule has 0 bridgehead atoms. The van der Waals surface area contributed by atoms with Crippen molar-refractivity contribution in [3.63, 3.8) is 0 Å². The molecular formula is C17H20FN3O3. The topological polar surface area (TPSA) is 76.4 Å². The van der Waals surface area contributed by atoms with E-state index in [1.807, 2.05) is 7.05 Å². The number of carbonyl (C=O) groups excluding carboxylic acids is 1. The van der Waals surface area contributed by atoms with Crippen LogP contribution >= 0.6 is 0 Å². The zero-order valence-electron chi connectivity index (χ0n) is 13.4. The lowest BCUT2D eigenvalue weighted by atomic mass is 10.1. The number of amides is 1. The summed E-state index contributed by atoms with van der Waals surface area (Å²) in [5.41, 5.74) is 0.405. The lowest BCUT2D eigenvalue weighted by Gasteiger charge is -2.21. The molecule has 0 spiro atoms. The number of rotatable bonds is 5. The number of aliphatic hydroxyl groups is 1. The van der Waals surface area contributed by atoms with E-state index in [1.54, 1.807) is 17.1 Å². The average Bonchev–Trinajstić information content (AvgIpc) is 3.17. The molecule has 24 heavy (non-hydrogen) atoms. The van der Waals surface area contributed by atoms with Gasteiger partial charge in [-0.15, -0.1) is 0 Å². The van der Waals surface area contributed by atoms with Crippen molar-refractivity contribution in [1.29, 1.82) is 0 Å². The number of hydrogen-bond acceptors (Lipinski definition) is 4. The van der Waals surface area contributed by atoms with Crippen molar-refractivity contribution in [1.82, 2.24) is 15.1 Å². The van der Waals surface area contributed by atoms with E-state index >= 15 is 0 Å². The summed E-state index contributed by atoms with van der Waals surface area (Å²) in [5.74, 6) is -0.258. The third-order valence-electron chi connectivity index (χ3n) is 4.22. The Kier molecular flexibility index (Phi) is 4.80. The fraction of sp³-hybridized carbons (Fsp3) is 0.412. The van der Waals surface area contributed by atoms with E-state index in [0.29, 0.717) is 5.75 Å². The molecule has 2 N–H and O–H groups in total. The molecule has 3 rings (SSSR count). The van der Waals surface area contributed by atoms with Crippen LogP contribution in [0.3, 0.4) is 0 Å². The molecule has 1 saturated carbocycles. The van der Waals surface area contributed by atoms with E-state index in [9.17, 15) is 9.18 Å². The van der Waals surface area contributed by atoms with Gasteiger partial charge in [-0.2, -0.15) is 5.10 Å². The van der Waals surface area contributed by atoms with Gasteiger partial charge < -0.3 is 15.2 Å². The van der Waals surface area contributed by atoms with Crippen molar-refractivity contribution >= 4 is 5.91 Å². The van der Waals surface area contributed by atoms with Crippen LogP contribution in [0.4, 0.5) is 4.39 Å². The molecule has 1 aliphatic rings. The van der Waals surface area contributed by atoms with Gasteiger partial charge in [-0.3, -0.25) is 9.48 Å². The van der Waals surface area contributed by atoms with E-state index in [2.05, 4.69) is 10.4 Å². The molecular weight excluding hydrogens is 313 g/mol. The Morgan fingerprint density at radius 2 is 2.33 bits per heavy atom. The molecule has 0 radical (unpaired) electrons. The molecule has 1 amide bonds. The predicted octanol–water partition coefficient (Wildman–Crippen LogP) is 1.78. The number of carbonyl (C=O) groups is 1. The second kappa shape index (κ2) is 7.00. The number of nitrogens with zero attached hydrogens (tertiary/aromatic N) is 2. The fourth-order valence-corrected chi connectivity index (χ4v) is 2.94. The first-order chi connectivity index (χ1) is 11.6. The largest absolute Gasteiger partial charge is 0.485 e. The molecule has 1 heterocycles. The maximum Gasteiger partial charge on any atom is 0.251 e. The second-order valence-corrected chi connectivity index (χ2v) is 5.98. The Labute approximate surface area is 139 Å². The van der Waals surface area contributed by atoms with Gasteiger partial charge >= 0.3 is 0 Å². The zero-order chi connectivity index (χ0) is 17.1. The lowest BCUT2D eigenvalue weighted by molar-refractivity contribution is 0.0893. The van der Waals surface area contributed by atoms with Crippen molar-refractivity contribution in [3.05, 3.63) is 47.5 Å². The van der Waals surface area contributed by atoms with Crippen LogP contribution in [0.5, 0.6) is 5.75 Å². The molecule has 1 aromatic carbocycles. The zero-order valence-corrected chi connectivity index (χ0v) is 13.4. The molecule has 128 valence electrons. The molecule has 2 atom stereocenters. The van der Waals surface area contributed by atoms with Crippen LogP contribution in [-0.4, -0.2) is 32.9 Å². The first-order valence-corrected chi connectivity index (χ1v) is 7.92. The summed E-state index contributed by atoms with van der Waals surface area (Å²) in [6.07, 6.45) is 5.90. The van der Waals surface area contributed by atoms with E-state index in [-0.39, 0.29) is 29.2 Å². The average molecular weight is 333 g/mol. The van der Waals surface area contributed by atoms with E-state index in [0.717, 1.165) is 25.3 Å². The monoisotopic (exact) mass is 333 g/mol. The van der Waals surface area contributed by atoms with Crippen molar-refractivity contribution in [2.24, 2.45) is 7.05 Å². The van der Waals surface area contributed by atoms with Crippen LogP contribution in [0.2, 0.25) is 0 Å². The Balaban J connectivity index is 1.65. The van der Waals surface area contributed by atoms with Gasteiger partial charge in [-0.1, -0.05) is 6.07 Å². The highest BCUT2D eigenvalue weighted by Crippen LogP contribution is 2.25. The van der Waals surface area contributed by atoms with Crippen LogP contribution in [0.15, 0.2) is 30.6 Å². The third-order valence-corrected chi connectivity index (χ3v) is 4.22. The van der Waals surface area contributed by atoms with Gasteiger partial charge in [-0.25, -0.2) is 4.39 Å². The summed E-state index contributed by atoms with van der Waals surface area (Å²) < 4.78 is 21.3. The number of aryl methyl sites for hydroxylation is 1. The van der Waals surface area contributed by atoms with E-state index in [1.165, 1.54) is 12.1 Å². The number of aromatic nitrogens is 2. The number of halogens is 1. The van der Waals surface area contributed by atoms with Crippen LogP contribution in [0.1, 0.15) is 35.2 Å². The predicted molar refractivity (Wildman–Crippen MR) is 85.1 cm³/mol. The van der Waals surface area contributed by atoms with Crippen molar-refractivity contribution in [3.8, 4) is 5.75 Å². The van der Waals surface area contributed by atoms with Crippen molar-refractivity contribution in [2.45, 2.75) is 38.0 Å². The second-order valence-electron chi connectivity index (χ2n) is 5.98. The van der Waals surface area contributed by atoms with Gasteiger partial charge in [-0.05, 0) is 31.4 Å². The highest BCUT2D eigenvalue weighted by molar-refractivity contribution is 5.94. The van der Waals surface area contributed by atoms with E-state index in [4.69, 9.17) is 9.84 Å². The maximum atomic E-state index is 13.7. The van der Waals surface area contributed by atoms with E-state index < -0.39 is 12.4 Å². The molecule has 1 fully saturated rings. The minimum atomic E-state index is -0.584. The Morgan fingerprint density at radius 3 is 3.00 bits per heavy atom. The number of nitrogens with one attached hydrogen (secondary N) is 1. The molecule has 0 saturated heterocycles. The smallest absolute Gasteiger partial charge is 0.251 e. The molecule has 0 aliphatic heterocycles. The first kappa shape index (κ1) is 16.4. The van der Waals surface area contributed by atoms with Gasteiger partial charge in [0.15, 0.2) is 5.75 Å². The van der Waals surface area contributed by atoms with Gasteiger partial charge in [0.1, 0.15) is 11.9 Å². The summed E-state index contributed by atoms with van der Waals surface area (Å²) in [6.45, 7) is -0.391. The minimum Gasteiger partial charge on any atom is -0.485 e. The molecule has 6 nitrogen and oxygen atoms in total. The van der Waals surface area contributed by atoms with Crippen LogP contribution in [0.25, 0.3) is 0 Å². The summed E-state index contributed by atoms with van der Waals surface area (Å²) in [7, 11) is 1.81. The Morgan fingerprint density at radius 1 is 1.50 bits per heavy atom. The van der Waals surface area contributed by atoms with Gasteiger partial charge in [0.2, 0.25) is 0 Å².